The molecule has 0 radical (unpaired) electrons. The highest BCUT2D eigenvalue weighted by Crippen LogP contribution is 2.40. The Morgan fingerprint density at radius 1 is 0.968 bits per heavy atom. The molecule has 0 fully saturated rings. The summed E-state index contributed by atoms with van der Waals surface area (Å²) < 4.78 is 0. The van der Waals surface area contributed by atoms with E-state index >= 15 is 0 Å². The molecule has 1 aliphatic heterocycles. The van der Waals surface area contributed by atoms with Gasteiger partial charge in [-0.2, -0.15) is 0 Å². The summed E-state index contributed by atoms with van der Waals surface area (Å²) in [5, 5.41) is 10.8. The molecule has 5 nitrogen and oxygen atoms in total. The monoisotopic (exact) mass is 412 g/mol. The molecule has 1 N–H and O–H groups in total. The Hall–Kier alpha value is -3.73. The van der Waals surface area contributed by atoms with Crippen LogP contribution in [-0.4, -0.2) is 26.7 Å². The number of amides is 1. The molecule has 4 rings (SSSR count). The normalized spacial score (nSPS) is 16.1. The van der Waals surface area contributed by atoms with Crippen LogP contribution in [0.2, 0.25) is 0 Å². The van der Waals surface area contributed by atoms with Gasteiger partial charge < -0.3 is 10.0 Å². The third-order valence-corrected chi connectivity index (χ3v) is 5.67. The number of carbonyl (C=O) groups is 2. The van der Waals surface area contributed by atoms with Gasteiger partial charge in [-0.15, -0.1) is 0 Å². The quantitative estimate of drug-likeness (QED) is 0.621. The number of benzene rings is 2. The molecule has 3 aromatic rings. The lowest BCUT2D eigenvalue weighted by molar-refractivity contribution is -0.130. The fourth-order valence-electron chi connectivity index (χ4n) is 4.04. The lowest BCUT2D eigenvalue weighted by Gasteiger charge is -2.28. The molecule has 0 saturated heterocycles. The van der Waals surface area contributed by atoms with Gasteiger partial charge >= 0.3 is 0 Å². The molecule has 156 valence electrons. The Kier molecular flexibility index (Phi) is 5.94. The third-order valence-electron chi connectivity index (χ3n) is 5.67. The van der Waals surface area contributed by atoms with Crippen molar-refractivity contribution in [2.75, 3.05) is 0 Å². The maximum Gasteiger partial charge on any atom is 0.290 e. The van der Waals surface area contributed by atoms with Gasteiger partial charge in [0.25, 0.3) is 5.91 Å². The van der Waals surface area contributed by atoms with Crippen molar-refractivity contribution in [3.05, 3.63) is 113 Å². The number of pyridine rings is 1. The van der Waals surface area contributed by atoms with Crippen LogP contribution in [0.3, 0.4) is 0 Å². The molecule has 5 heteroatoms. The van der Waals surface area contributed by atoms with Gasteiger partial charge in [0, 0.05) is 25.4 Å². The molecule has 1 aliphatic rings. The zero-order valence-electron chi connectivity index (χ0n) is 17.4. The second-order valence-electron chi connectivity index (χ2n) is 7.72. The number of rotatable bonds is 7. The van der Waals surface area contributed by atoms with E-state index in [9.17, 15) is 14.7 Å². The highest BCUT2D eigenvalue weighted by atomic mass is 16.3. The first kappa shape index (κ1) is 20.5. The molecule has 0 aliphatic carbocycles. The van der Waals surface area contributed by atoms with Crippen molar-refractivity contribution in [1.29, 1.82) is 0 Å². The summed E-state index contributed by atoms with van der Waals surface area (Å²) in [6.07, 6.45) is 4.10. The Balaban J connectivity index is 1.68. The fraction of sp³-hybridized carbons (Fsp3) is 0.192. The smallest absolute Gasteiger partial charge is 0.290 e. The number of aliphatic hydroxyl groups is 1. The van der Waals surface area contributed by atoms with Crippen LogP contribution in [0.15, 0.2) is 90.5 Å². The molecular formula is C26H24N2O3. The van der Waals surface area contributed by atoms with Crippen molar-refractivity contribution >= 4 is 11.7 Å². The van der Waals surface area contributed by atoms with Gasteiger partial charge in [-0.25, -0.2) is 0 Å². The van der Waals surface area contributed by atoms with E-state index in [2.05, 4.69) is 4.98 Å². The van der Waals surface area contributed by atoms with E-state index in [-0.39, 0.29) is 24.3 Å². The highest BCUT2D eigenvalue weighted by molar-refractivity contribution is 6.09. The molecule has 31 heavy (non-hydrogen) atoms. The van der Waals surface area contributed by atoms with Crippen molar-refractivity contribution in [2.45, 2.75) is 32.4 Å². The van der Waals surface area contributed by atoms with Crippen molar-refractivity contribution in [2.24, 2.45) is 0 Å². The van der Waals surface area contributed by atoms with E-state index in [4.69, 9.17) is 0 Å². The van der Waals surface area contributed by atoms with Crippen molar-refractivity contribution in [3.8, 4) is 0 Å². The average molecular weight is 412 g/mol. The Bertz CT molecular complexity index is 1120. The highest BCUT2D eigenvalue weighted by Gasteiger charge is 2.43. The standard InChI is InChI=1S/C26H24N2O3/c1-18-7-5-6-10-21(18)24-23(22(29)12-11-19-8-3-2-4-9-19)25(30)26(31)28(24)17-20-13-15-27-16-14-20/h2-10,13-16,24,30H,11-12,17H2,1H3. The van der Waals surface area contributed by atoms with Gasteiger partial charge in [-0.1, -0.05) is 54.6 Å². The number of nitrogens with zero attached hydrogens (tertiary/aromatic N) is 2. The summed E-state index contributed by atoms with van der Waals surface area (Å²) in [6, 6.07) is 20.4. The Morgan fingerprint density at radius 3 is 2.35 bits per heavy atom. The summed E-state index contributed by atoms with van der Waals surface area (Å²) in [6.45, 7) is 2.23. The van der Waals surface area contributed by atoms with Gasteiger partial charge in [-0.3, -0.25) is 14.6 Å². The number of aromatic nitrogens is 1. The predicted octanol–water partition coefficient (Wildman–Crippen LogP) is 4.49. The summed E-state index contributed by atoms with van der Waals surface area (Å²) in [5.41, 5.74) is 3.92. The second-order valence-corrected chi connectivity index (χ2v) is 7.72. The van der Waals surface area contributed by atoms with Crippen molar-refractivity contribution < 1.29 is 14.7 Å². The predicted molar refractivity (Wildman–Crippen MR) is 118 cm³/mol. The molecule has 2 aromatic carbocycles. The van der Waals surface area contributed by atoms with Gasteiger partial charge in [-0.05, 0) is 47.7 Å². The first-order valence-electron chi connectivity index (χ1n) is 10.3. The lowest BCUT2D eigenvalue weighted by atomic mass is 9.91. The average Bonchev–Trinajstić information content (AvgIpc) is 3.04. The number of hydrogen-bond donors (Lipinski definition) is 1. The van der Waals surface area contributed by atoms with Crippen LogP contribution in [0.4, 0.5) is 0 Å². The first-order valence-corrected chi connectivity index (χ1v) is 10.3. The first-order chi connectivity index (χ1) is 15.1. The second kappa shape index (κ2) is 8.96. The number of Topliss-reactive ketones (excluding diaryl/α,β-unsaturated/α-hetero) is 1. The minimum Gasteiger partial charge on any atom is -0.503 e. The number of ketones is 1. The van der Waals surface area contributed by atoms with Crippen LogP contribution >= 0.6 is 0 Å². The van der Waals surface area contributed by atoms with E-state index in [0.29, 0.717) is 6.42 Å². The lowest BCUT2D eigenvalue weighted by Crippen LogP contribution is -2.31. The van der Waals surface area contributed by atoms with Crippen LogP contribution in [-0.2, 0) is 22.6 Å². The van der Waals surface area contributed by atoms with Crippen LogP contribution in [0, 0.1) is 6.92 Å². The number of hydrogen-bond acceptors (Lipinski definition) is 4. The molecule has 1 atom stereocenters. The topological polar surface area (TPSA) is 70.5 Å². The number of aryl methyl sites for hydroxylation is 2. The number of carbonyl (C=O) groups excluding carboxylic acids is 2. The molecule has 0 bridgehead atoms. The maximum atomic E-state index is 13.3. The Labute approximate surface area is 181 Å². The molecule has 1 unspecified atom stereocenters. The van der Waals surface area contributed by atoms with E-state index < -0.39 is 17.7 Å². The van der Waals surface area contributed by atoms with E-state index in [1.165, 1.54) is 0 Å². The van der Waals surface area contributed by atoms with Crippen molar-refractivity contribution in [1.82, 2.24) is 9.88 Å². The van der Waals surface area contributed by atoms with Crippen LogP contribution in [0.1, 0.15) is 34.7 Å². The molecule has 0 spiro atoms. The Morgan fingerprint density at radius 2 is 1.65 bits per heavy atom. The third kappa shape index (κ3) is 4.26. The summed E-state index contributed by atoms with van der Waals surface area (Å²) in [5.74, 6) is -1.17. The van der Waals surface area contributed by atoms with Gasteiger partial charge in [0.1, 0.15) is 0 Å². The van der Waals surface area contributed by atoms with E-state index in [1.807, 2.05) is 73.7 Å². The minimum atomic E-state index is -0.620. The fourth-order valence-corrected chi connectivity index (χ4v) is 4.04. The molecular weight excluding hydrogens is 388 g/mol. The SMILES string of the molecule is Cc1ccccc1C1C(C(=O)CCc2ccccc2)=C(O)C(=O)N1Cc1ccncc1. The summed E-state index contributed by atoms with van der Waals surface area (Å²) in [4.78, 5) is 31.9. The van der Waals surface area contributed by atoms with Gasteiger partial charge in [0.05, 0.1) is 11.6 Å². The van der Waals surface area contributed by atoms with Gasteiger partial charge in [0.2, 0.25) is 0 Å². The summed E-state index contributed by atoms with van der Waals surface area (Å²) >= 11 is 0. The molecule has 2 heterocycles. The maximum absolute atomic E-state index is 13.3. The van der Waals surface area contributed by atoms with Crippen LogP contribution < -0.4 is 0 Å². The zero-order chi connectivity index (χ0) is 21.8. The summed E-state index contributed by atoms with van der Waals surface area (Å²) in [7, 11) is 0. The van der Waals surface area contributed by atoms with Gasteiger partial charge in [0.15, 0.2) is 11.5 Å². The van der Waals surface area contributed by atoms with Crippen molar-refractivity contribution in [3.63, 3.8) is 0 Å². The van der Waals surface area contributed by atoms with E-state index in [0.717, 1.165) is 22.3 Å². The molecule has 1 aromatic heterocycles. The van der Waals surface area contributed by atoms with Crippen LogP contribution in [0.25, 0.3) is 0 Å². The van der Waals surface area contributed by atoms with Crippen LogP contribution in [0.5, 0.6) is 0 Å². The van der Waals surface area contributed by atoms with E-state index in [1.54, 1.807) is 17.3 Å². The zero-order valence-corrected chi connectivity index (χ0v) is 17.4. The molecule has 1 amide bonds. The largest absolute Gasteiger partial charge is 0.503 e. The molecule has 0 saturated carbocycles. The number of aliphatic hydroxyl groups excluding tert-OH is 1. The minimum absolute atomic E-state index is 0.185.